The molecule has 7 nitrogen and oxygen atoms in total. The van der Waals surface area contributed by atoms with E-state index in [0.29, 0.717) is 25.2 Å². The molecule has 0 aromatic heterocycles. The Morgan fingerprint density at radius 2 is 1.66 bits per heavy atom. The van der Waals surface area contributed by atoms with Crippen molar-refractivity contribution >= 4 is 17.5 Å². The first-order valence-corrected chi connectivity index (χ1v) is 12.0. The van der Waals surface area contributed by atoms with Crippen LogP contribution < -0.4 is 0 Å². The summed E-state index contributed by atoms with van der Waals surface area (Å²) >= 11 is 0. The van der Waals surface area contributed by atoms with Crippen LogP contribution in [0.15, 0.2) is 35.5 Å². The molecule has 2 N–H and O–H groups in total. The Bertz CT molecular complexity index is 882. The second-order valence-electron chi connectivity index (χ2n) is 9.84. The van der Waals surface area contributed by atoms with Crippen LogP contribution in [-0.2, 0) is 21.0 Å². The molecule has 1 unspecified atom stereocenters. The predicted molar refractivity (Wildman–Crippen MR) is 117 cm³/mol. The first-order chi connectivity index (χ1) is 15.6. The third-order valence-electron chi connectivity index (χ3n) is 8.01. The molecule has 1 aromatic carbocycles. The van der Waals surface area contributed by atoms with E-state index in [1.54, 1.807) is 0 Å². The number of hydrogen-bond acceptors (Lipinski definition) is 6. The zero-order valence-electron chi connectivity index (χ0n) is 18.3. The quantitative estimate of drug-likeness (QED) is 0.554. The number of nitrogens with zero attached hydrogens (tertiary/aromatic N) is 2. The lowest BCUT2D eigenvalue weighted by Crippen LogP contribution is -2.54. The highest BCUT2D eigenvalue weighted by Gasteiger charge is 2.60. The van der Waals surface area contributed by atoms with E-state index >= 15 is 0 Å². The molecule has 3 saturated carbocycles. The van der Waals surface area contributed by atoms with Crippen molar-refractivity contribution in [3.63, 3.8) is 0 Å². The number of likely N-dealkylation sites (tertiary alicyclic amines) is 1. The van der Waals surface area contributed by atoms with E-state index in [2.05, 4.69) is 5.16 Å². The average Bonchev–Trinajstić information content (AvgIpc) is 3.08. The molecule has 6 atom stereocenters. The van der Waals surface area contributed by atoms with Crippen LogP contribution in [0.2, 0.25) is 0 Å². The molecule has 1 aliphatic heterocycles. The number of amides is 2. The van der Waals surface area contributed by atoms with Gasteiger partial charge in [-0.1, -0.05) is 54.8 Å². The van der Waals surface area contributed by atoms with E-state index < -0.39 is 30.0 Å². The van der Waals surface area contributed by atoms with Gasteiger partial charge in [-0.2, -0.15) is 0 Å². The summed E-state index contributed by atoms with van der Waals surface area (Å²) in [5, 5.41) is 25.9. The van der Waals surface area contributed by atoms with E-state index in [0.717, 1.165) is 37.7 Å². The van der Waals surface area contributed by atoms with Crippen LogP contribution in [0.3, 0.4) is 0 Å². The van der Waals surface area contributed by atoms with Crippen LogP contribution in [-0.4, -0.2) is 50.9 Å². The van der Waals surface area contributed by atoms with E-state index in [1.807, 2.05) is 30.3 Å². The summed E-state index contributed by atoms with van der Waals surface area (Å²) in [6.45, 7) is 0.319. The number of carbonyl (C=O) groups excluding carboxylic acids is 2. The molecule has 1 saturated heterocycles. The van der Waals surface area contributed by atoms with Gasteiger partial charge in [-0.3, -0.25) is 14.5 Å². The van der Waals surface area contributed by atoms with Crippen LogP contribution in [0.1, 0.15) is 56.9 Å². The Balaban J connectivity index is 1.37. The summed E-state index contributed by atoms with van der Waals surface area (Å²) in [6.07, 6.45) is 4.43. The van der Waals surface area contributed by atoms with Crippen LogP contribution in [0.5, 0.6) is 0 Å². The highest BCUT2D eigenvalue weighted by Crippen LogP contribution is 2.50. The zero-order chi connectivity index (χ0) is 22.2. The molecule has 32 heavy (non-hydrogen) atoms. The smallest absolute Gasteiger partial charge is 0.233 e. The molecular formula is C25H32N2O5. The number of imide groups is 1. The lowest BCUT2D eigenvalue weighted by Gasteiger charge is -2.45. The summed E-state index contributed by atoms with van der Waals surface area (Å²) < 4.78 is 0. The predicted octanol–water partition coefficient (Wildman–Crippen LogP) is 2.64. The number of aliphatic hydroxyl groups excluding tert-OH is 2. The highest BCUT2D eigenvalue weighted by atomic mass is 16.6. The zero-order valence-corrected chi connectivity index (χ0v) is 18.3. The molecule has 172 valence electrons. The van der Waals surface area contributed by atoms with E-state index in [4.69, 9.17) is 4.84 Å². The van der Waals surface area contributed by atoms with Crippen LogP contribution >= 0.6 is 0 Å². The second-order valence-corrected chi connectivity index (χ2v) is 9.84. The molecule has 0 bridgehead atoms. The Hall–Kier alpha value is -2.25. The molecular weight excluding hydrogens is 408 g/mol. The minimum absolute atomic E-state index is 0.0131. The largest absolute Gasteiger partial charge is 0.391 e. The van der Waals surface area contributed by atoms with E-state index in [9.17, 15) is 19.8 Å². The SMILES string of the molecule is O=C1[C@H]2[C@@H]3C(CC[C@H]2C(=O)N1C1CCCCC1)/C(=N/OCc1ccccc1)C[C@@H](O)[C@H]3O. The van der Waals surface area contributed by atoms with Gasteiger partial charge in [0.15, 0.2) is 0 Å². The summed E-state index contributed by atoms with van der Waals surface area (Å²) in [5.41, 5.74) is 1.69. The van der Waals surface area contributed by atoms with Gasteiger partial charge in [0.25, 0.3) is 0 Å². The molecule has 5 rings (SSSR count). The van der Waals surface area contributed by atoms with Crippen molar-refractivity contribution in [2.45, 2.75) is 76.2 Å². The van der Waals surface area contributed by atoms with E-state index in [1.165, 1.54) is 4.90 Å². The molecule has 7 heteroatoms. The summed E-state index contributed by atoms with van der Waals surface area (Å²) in [6, 6.07) is 9.70. The fraction of sp³-hybridized carbons (Fsp3) is 0.640. The Kier molecular flexibility index (Phi) is 6.03. The maximum Gasteiger partial charge on any atom is 0.233 e. The van der Waals surface area contributed by atoms with Crippen molar-refractivity contribution in [3.05, 3.63) is 35.9 Å². The summed E-state index contributed by atoms with van der Waals surface area (Å²) in [5.74, 6) is -1.85. The fourth-order valence-electron chi connectivity index (χ4n) is 6.46. The Morgan fingerprint density at radius 3 is 2.41 bits per heavy atom. The second kappa shape index (κ2) is 8.94. The van der Waals surface area contributed by atoms with Crippen LogP contribution in [0.25, 0.3) is 0 Å². The normalized spacial score (nSPS) is 36.8. The maximum atomic E-state index is 13.5. The number of carbonyl (C=O) groups is 2. The standard InChI is InChI=1S/C25H32N2O5/c28-20-13-19(26-32-14-15-7-3-1-4-8-15)17-11-12-18-22(21(17)23(20)29)25(31)27(24(18)30)16-9-5-2-6-10-16/h1,3-4,7-8,16-18,20-23,28-29H,2,5-6,9-14H2/b26-19+/t17?,18-,20-,21+,22-,23-/m1/s1. The van der Waals surface area contributed by atoms with Gasteiger partial charge in [0.1, 0.15) is 6.61 Å². The molecule has 1 aromatic rings. The van der Waals surface area contributed by atoms with Gasteiger partial charge in [-0.25, -0.2) is 0 Å². The lowest BCUT2D eigenvalue weighted by atomic mass is 9.60. The summed E-state index contributed by atoms with van der Waals surface area (Å²) in [7, 11) is 0. The highest BCUT2D eigenvalue weighted by molar-refractivity contribution is 6.06. The van der Waals surface area contributed by atoms with Crippen LogP contribution in [0.4, 0.5) is 0 Å². The number of oxime groups is 1. The Morgan fingerprint density at radius 1 is 0.938 bits per heavy atom. The van der Waals surface area contributed by atoms with Gasteiger partial charge in [-0.15, -0.1) is 0 Å². The number of hydrogen-bond donors (Lipinski definition) is 2. The van der Waals surface area contributed by atoms with Crippen LogP contribution in [0, 0.1) is 23.7 Å². The number of benzene rings is 1. The molecule has 2 amide bonds. The minimum atomic E-state index is -1.04. The summed E-state index contributed by atoms with van der Waals surface area (Å²) in [4.78, 5) is 33.9. The molecule has 0 spiro atoms. The maximum absolute atomic E-state index is 13.5. The Labute approximate surface area is 188 Å². The number of rotatable bonds is 4. The monoisotopic (exact) mass is 440 g/mol. The van der Waals surface area contributed by atoms with Gasteiger partial charge in [0, 0.05) is 24.3 Å². The van der Waals surface area contributed by atoms with Crippen molar-refractivity contribution in [1.82, 2.24) is 4.90 Å². The molecule has 0 radical (unpaired) electrons. The molecule has 4 aliphatic rings. The van der Waals surface area contributed by atoms with Crippen molar-refractivity contribution in [3.8, 4) is 0 Å². The number of aliphatic hydroxyl groups is 2. The van der Waals surface area contributed by atoms with Gasteiger partial charge in [0.2, 0.25) is 11.8 Å². The molecule has 4 fully saturated rings. The van der Waals surface area contributed by atoms with Crippen molar-refractivity contribution < 1.29 is 24.6 Å². The minimum Gasteiger partial charge on any atom is -0.391 e. The first-order valence-electron chi connectivity index (χ1n) is 12.0. The fourth-order valence-corrected chi connectivity index (χ4v) is 6.46. The molecule has 3 aliphatic carbocycles. The molecule has 1 heterocycles. The van der Waals surface area contributed by atoms with Gasteiger partial charge >= 0.3 is 0 Å². The van der Waals surface area contributed by atoms with Gasteiger partial charge in [0.05, 0.1) is 29.8 Å². The van der Waals surface area contributed by atoms with Gasteiger partial charge < -0.3 is 15.1 Å². The topological polar surface area (TPSA) is 99.4 Å². The van der Waals surface area contributed by atoms with Crippen molar-refractivity contribution in [2.75, 3.05) is 0 Å². The van der Waals surface area contributed by atoms with Crippen molar-refractivity contribution in [1.29, 1.82) is 0 Å². The third-order valence-corrected chi connectivity index (χ3v) is 8.01. The average molecular weight is 441 g/mol. The first kappa shape index (κ1) is 21.6. The lowest BCUT2D eigenvalue weighted by molar-refractivity contribution is -0.145. The van der Waals surface area contributed by atoms with Gasteiger partial charge in [-0.05, 0) is 31.2 Å². The number of fused-ring (bicyclic) bond motifs is 3. The van der Waals surface area contributed by atoms with Crippen molar-refractivity contribution in [2.24, 2.45) is 28.8 Å². The third kappa shape index (κ3) is 3.75. The van der Waals surface area contributed by atoms with E-state index in [-0.39, 0.29) is 30.2 Å².